The third-order valence-corrected chi connectivity index (χ3v) is 5.96. The van der Waals surface area contributed by atoms with Crippen LogP contribution >= 0.6 is 11.3 Å². The topological polar surface area (TPSA) is 62.5 Å². The van der Waals surface area contributed by atoms with Crippen molar-refractivity contribution >= 4 is 17.2 Å². The molecule has 29 heavy (non-hydrogen) atoms. The number of hydrogen-bond donors (Lipinski definition) is 0. The average Bonchev–Trinajstić information content (AvgIpc) is 3.42. The summed E-state index contributed by atoms with van der Waals surface area (Å²) in [5, 5.41) is 6.03. The number of aryl methyl sites for hydroxylation is 1. The molecule has 6 nitrogen and oxygen atoms in total. The molecule has 0 atom stereocenters. The number of carbonyl (C=O) groups excluding carboxylic acids is 1. The Balaban J connectivity index is 1.18. The average molecular weight is 415 g/mol. The van der Waals surface area contributed by atoms with Crippen molar-refractivity contribution in [3.63, 3.8) is 0 Å². The molecule has 3 aromatic rings. The number of piperazine rings is 1. The largest absolute Gasteiger partial charge is 0.340 e. The second kappa shape index (κ2) is 9.28. The van der Waals surface area contributed by atoms with Gasteiger partial charge in [-0.15, -0.1) is 11.3 Å². The molecule has 152 valence electrons. The number of halogens is 1. The molecule has 0 aliphatic carbocycles. The Morgan fingerprint density at radius 2 is 1.97 bits per heavy atom. The van der Waals surface area contributed by atoms with E-state index >= 15 is 0 Å². The summed E-state index contributed by atoms with van der Waals surface area (Å²) in [4.78, 5) is 22.1. The quantitative estimate of drug-likeness (QED) is 0.594. The Hall–Kier alpha value is -2.58. The van der Waals surface area contributed by atoms with Gasteiger partial charge in [0.15, 0.2) is 0 Å². The molecule has 1 saturated heterocycles. The molecule has 0 saturated carbocycles. The minimum Gasteiger partial charge on any atom is -0.340 e. The molecule has 1 aromatic carbocycles. The summed E-state index contributed by atoms with van der Waals surface area (Å²) < 4.78 is 19.1. The lowest BCUT2D eigenvalue weighted by Crippen LogP contribution is -2.49. The van der Waals surface area contributed by atoms with Crippen molar-refractivity contribution in [1.29, 1.82) is 0 Å². The zero-order valence-electron chi connectivity index (χ0n) is 16.1. The minimum absolute atomic E-state index is 0.0123. The van der Waals surface area contributed by atoms with Crippen LogP contribution in [0.2, 0.25) is 0 Å². The summed E-state index contributed by atoms with van der Waals surface area (Å²) >= 11 is 1.59. The van der Waals surface area contributed by atoms with Crippen LogP contribution < -0.4 is 0 Å². The molecule has 3 heterocycles. The second-order valence-corrected chi connectivity index (χ2v) is 8.03. The number of aromatic nitrogens is 2. The number of carbonyl (C=O) groups is 1. The van der Waals surface area contributed by atoms with E-state index in [4.69, 9.17) is 4.52 Å². The molecule has 8 heteroatoms. The number of benzene rings is 1. The molecule has 1 fully saturated rings. The Morgan fingerprint density at radius 3 is 2.72 bits per heavy atom. The molecule has 1 aliphatic heterocycles. The molecular formula is C21H23FN4O2S. The van der Waals surface area contributed by atoms with Crippen molar-refractivity contribution in [2.45, 2.75) is 19.3 Å². The highest BCUT2D eigenvalue weighted by Crippen LogP contribution is 2.21. The molecule has 0 unspecified atom stereocenters. The highest BCUT2D eigenvalue weighted by Gasteiger charge is 2.22. The van der Waals surface area contributed by atoms with E-state index < -0.39 is 0 Å². The molecular weight excluding hydrogens is 391 g/mol. The number of rotatable bonds is 7. The van der Waals surface area contributed by atoms with Gasteiger partial charge < -0.3 is 9.42 Å². The van der Waals surface area contributed by atoms with Gasteiger partial charge in [0.1, 0.15) is 5.82 Å². The standard InChI is InChI=1S/C21H23FN4O2S/c22-17-6-2-1-5-16(17)15-20(27)26-12-10-25(11-13-26)9-3-8-19-23-21(24-28-19)18-7-4-14-29-18/h1-2,4-7,14H,3,8-13,15H2. The monoisotopic (exact) mass is 414 g/mol. The van der Waals surface area contributed by atoms with Gasteiger partial charge in [-0.25, -0.2) is 4.39 Å². The lowest BCUT2D eigenvalue weighted by atomic mass is 10.1. The van der Waals surface area contributed by atoms with Crippen LogP contribution in [0.15, 0.2) is 46.3 Å². The Bertz CT molecular complexity index is 936. The highest BCUT2D eigenvalue weighted by molar-refractivity contribution is 7.13. The summed E-state index contributed by atoms with van der Waals surface area (Å²) in [6.45, 7) is 3.93. The van der Waals surface area contributed by atoms with E-state index in [0.29, 0.717) is 30.4 Å². The van der Waals surface area contributed by atoms with E-state index in [2.05, 4.69) is 15.0 Å². The van der Waals surface area contributed by atoms with Gasteiger partial charge in [-0.2, -0.15) is 4.98 Å². The third kappa shape index (κ3) is 5.07. The first-order valence-corrected chi connectivity index (χ1v) is 10.7. The fourth-order valence-corrected chi connectivity index (χ4v) is 4.10. The Morgan fingerprint density at radius 1 is 1.14 bits per heavy atom. The Labute approximate surface area is 172 Å². The highest BCUT2D eigenvalue weighted by atomic mass is 32.1. The number of hydrogen-bond acceptors (Lipinski definition) is 6. The van der Waals surface area contributed by atoms with Crippen LogP contribution in [-0.4, -0.2) is 58.6 Å². The van der Waals surface area contributed by atoms with Crippen molar-refractivity contribution < 1.29 is 13.7 Å². The molecule has 2 aromatic heterocycles. The number of thiophene rings is 1. The normalized spacial score (nSPS) is 15.0. The first-order chi connectivity index (χ1) is 14.2. The molecule has 0 spiro atoms. The SMILES string of the molecule is O=C(Cc1ccccc1F)N1CCN(CCCc2nc(-c3cccs3)no2)CC1. The first-order valence-electron chi connectivity index (χ1n) is 9.79. The van der Waals surface area contributed by atoms with E-state index in [1.807, 2.05) is 22.4 Å². The van der Waals surface area contributed by atoms with Crippen LogP contribution in [0, 0.1) is 5.82 Å². The van der Waals surface area contributed by atoms with E-state index in [1.165, 1.54) is 6.07 Å². The lowest BCUT2D eigenvalue weighted by Gasteiger charge is -2.34. The maximum atomic E-state index is 13.7. The molecule has 0 radical (unpaired) electrons. The van der Waals surface area contributed by atoms with Crippen molar-refractivity contribution in [2.24, 2.45) is 0 Å². The summed E-state index contributed by atoms with van der Waals surface area (Å²) in [7, 11) is 0. The fourth-order valence-electron chi connectivity index (χ4n) is 3.45. The van der Waals surface area contributed by atoms with E-state index in [0.717, 1.165) is 37.4 Å². The van der Waals surface area contributed by atoms with E-state index in [1.54, 1.807) is 29.5 Å². The van der Waals surface area contributed by atoms with Crippen molar-refractivity contribution in [3.05, 3.63) is 59.0 Å². The third-order valence-electron chi connectivity index (χ3n) is 5.10. The van der Waals surface area contributed by atoms with Crippen LogP contribution in [0.5, 0.6) is 0 Å². The smallest absolute Gasteiger partial charge is 0.227 e. The minimum atomic E-state index is -0.317. The van der Waals surface area contributed by atoms with Gasteiger partial charge in [0, 0.05) is 32.6 Å². The van der Waals surface area contributed by atoms with Crippen LogP contribution in [0.4, 0.5) is 4.39 Å². The van der Waals surface area contributed by atoms with Crippen LogP contribution in [0.25, 0.3) is 10.7 Å². The maximum Gasteiger partial charge on any atom is 0.227 e. The van der Waals surface area contributed by atoms with Crippen LogP contribution in [0.1, 0.15) is 17.9 Å². The summed E-state index contributed by atoms with van der Waals surface area (Å²) in [6, 6.07) is 10.4. The zero-order chi connectivity index (χ0) is 20.1. The van der Waals surface area contributed by atoms with E-state index in [9.17, 15) is 9.18 Å². The summed E-state index contributed by atoms with van der Waals surface area (Å²) in [6.07, 6.45) is 1.79. The van der Waals surface area contributed by atoms with Crippen molar-refractivity contribution in [1.82, 2.24) is 19.9 Å². The summed E-state index contributed by atoms with van der Waals surface area (Å²) in [5.74, 6) is 0.980. The van der Waals surface area contributed by atoms with Gasteiger partial charge in [0.2, 0.25) is 17.6 Å². The van der Waals surface area contributed by atoms with E-state index in [-0.39, 0.29) is 18.1 Å². The van der Waals surface area contributed by atoms with Gasteiger partial charge in [0.05, 0.1) is 11.3 Å². The number of amides is 1. The van der Waals surface area contributed by atoms with Gasteiger partial charge in [-0.1, -0.05) is 29.4 Å². The molecule has 1 aliphatic rings. The van der Waals surface area contributed by atoms with Gasteiger partial charge >= 0.3 is 0 Å². The second-order valence-electron chi connectivity index (χ2n) is 7.08. The Kier molecular flexibility index (Phi) is 6.31. The lowest BCUT2D eigenvalue weighted by molar-refractivity contribution is -0.132. The molecule has 1 amide bonds. The van der Waals surface area contributed by atoms with Gasteiger partial charge in [-0.05, 0) is 36.0 Å². The first kappa shape index (κ1) is 19.7. The van der Waals surface area contributed by atoms with Gasteiger partial charge in [0.25, 0.3) is 0 Å². The predicted octanol–water partition coefficient (Wildman–Crippen LogP) is 3.26. The van der Waals surface area contributed by atoms with Crippen LogP contribution in [-0.2, 0) is 17.6 Å². The summed E-state index contributed by atoms with van der Waals surface area (Å²) in [5.41, 5.74) is 0.460. The number of nitrogens with zero attached hydrogens (tertiary/aromatic N) is 4. The molecule has 0 bridgehead atoms. The fraction of sp³-hybridized carbons (Fsp3) is 0.381. The predicted molar refractivity (Wildman–Crippen MR) is 109 cm³/mol. The van der Waals surface area contributed by atoms with Crippen molar-refractivity contribution in [3.8, 4) is 10.7 Å². The van der Waals surface area contributed by atoms with Crippen LogP contribution in [0.3, 0.4) is 0 Å². The molecule has 4 rings (SSSR count). The zero-order valence-corrected chi connectivity index (χ0v) is 16.9. The van der Waals surface area contributed by atoms with Crippen molar-refractivity contribution in [2.75, 3.05) is 32.7 Å². The maximum absolute atomic E-state index is 13.7. The molecule has 0 N–H and O–H groups in total. The van der Waals surface area contributed by atoms with Gasteiger partial charge in [-0.3, -0.25) is 9.69 Å².